The number of pyridine rings is 1. The van der Waals surface area contributed by atoms with Gasteiger partial charge in [0.2, 0.25) is 0 Å². The van der Waals surface area contributed by atoms with Gasteiger partial charge in [-0.1, -0.05) is 23.7 Å². The van der Waals surface area contributed by atoms with E-state index in [9.17, 15) is 5.26 Å². The molecular weight excluding hydrogens is 406 g/mol. The third kappa shape index (κ3) is 4.70. The number of hydrogen-bond donors (Lipinski definition) is 0. The summed E-state index contributed by atoms with van der Waals surface area (Å²) in [7, 11) is 0. The van der Waals surface area contributed by atoms with Crippen LogP contribution in [0.4, 0.5) is 5.69 Å². The van der Waals surface area contributed by atoms with Crippen LogP contribution >= 0.6 is 11.6 Å². The van der Waals surface area contributed by atoms with Crippen LogP contribution in [0, 0.1) is 29.6 Å². The second kappa shape index (κ2) is 9.18. The molecule has 1 fully saturated rings. The molecule has 0 radical (unpaired) electrons. The fourth-order valence-corrected chi connectivity index (χ4v) is 4.23. The molecule has 0 unspecified atom stereocenters. The lowest BCUT2D eigenvalue weighted by molar-refractivity contribution is 0.213. The number of benzene rings is 2. The first kappa shape index (κ1) is 20.9. The van der Waals surface area contributed by atoms with E-state index in [0.29, 0.717) is 11.1 Å². The van der Waals surface area contributed by atoms with Crippen LogP contribution in [-0.4, -0.2) is 29.5 Å². The SMILES string of the molecule is Cc1cc(C#N)ccc1N1CCN(Cc2ccc(C#N)cn2)C[C@H]1c1ccc(Cl)cc1. The minimum Gasteiger partial charge on any atom is -0.362 e. The fraction of sp³-hybridized carbons (Fsp3) is 0.240. The van der Waals surface area contributed by atoms with Crippen molar-refractivity contribution in [3.05, 3.63) is 93.8 Å². The van der Waals surface area contributed by atoms with Crippen molar-refractivity contribution in [1.82, 2.24) is 9.88 Å². The first-order chi connectivity index (χ1) is 15.1. The summed E-state index contributed by atoms with van der Waals surface area (Å²) in [6, 6.07) is 22.1. The molecule has 1 aliphatic heterocycles. The number of rotatable bonds is 4. The van der Waals surface area contributed by atoms with Gasteiger partial charge in [-0.25, -0.2) is 0 Å². The van der Waals surface area contributed by atoms with Crippen molar-refractivity contribution < 1.29 is 0 Å². The molecular formula is C25H22ClN5. The highest BCUT2D eigenvalue weighted by molar-refractivity contribution is 6.30. The Hall–Kier alpha value is -3.38. The molecule has 1 aliphatic rings. The van der Waals surface area contributed by atoms with Gasteiger partial charge in [0.15, 0.2) is 0 Å². The molecule has 1 aromatic heterocycles. The van der Waals surface area contributed by atoms with E-state index in [2.05, 4.69) is 52.0 Å². The van der Waals surface area contributed by atoms with Crippen LogP contribution in [0.1, 0.15) is 34.0 Å². The molecule has 3 aromatic rings. The maximum Gasteiger partial charge on any atom is 0.101 e. The Labute approximate surface area is 187 Å². The molecule has 0 saturated carbocycles. The molecule has 0 N–H and O–H groups in total. The highest BCUT2D eigenvalue weighted by atomic mass is 35.5. The van der Waals surface area contributed by atoms with Crippen LogP contribution < -0.4 is 4.90 Å². The van der Waals surface area contributed by atoms with Gasteiger partial charge >= 0.3 is 0 Å². The minimum atomic E-state index is 0.149. The topological polar surface area (TPSA) is 67.0 Å². The van der Waals surface area contributed by atoms with E-state index in [1.807, 2.05) is 36.4 Å². The van der Waals surface area contributed by atoms with E-state index in [0.717, 1.165) is 48.1 Å². The van der Waals surface area contributed by atoms with Gasteiger partial charge < -0.3 is 4.90 Å². The van der Waals surface area contributed by atoms with Crippen molar-refractivity contribution in [2.24, 2.45) is 0 Å². The van der Waals surface area contributed by atoms with Gasteiger partial charge in [-0.05, 0) is 60.5 Å². The summed E-state index contributed by atoms with van der Waals surface area (Å²) in [5.41, 5.74) is 5.65. The summed E-state index contributed by atoms with van der Waals surface area (Å²) >= 11 is 6.14. The summed E-state index contributed by atoms with van der Waals surface area (Å²) in [5.74, 6) is 0. The highest BCUT2D eigenvalue weighted by Crippen LogP contribution is 2.34. The molecule has 31 heavy (non-hydrogen) atoms. The number of piperazine rings is 1. The Morgan fingerprint density at radius 2 is 1.74 bits per heavy atom. The number of nitrogens with zero attached hydrogens (tertiary/aromatic N) is 5. The Morgan fingerprint density at radius 3 is 2.39 bits per heavy atom. The van der Waals surface area contributed by atoms with E-state index < -0.39 is 0 Å². The summed E-state index contributed by atoms with van der Waals surface area (Å²) in [5, 5.41) is 18.9. The lowest BCUT2D eigenvalue weighted by Crippen LogP contribution is -2.48. The maximum atomic E-state index is 9.22. The van der Waals surface area contributed by atoms with Crippen LogP contribution in [0.15, 0.2) is 60.8 Å². The fourth-order valence-electron chi connectivity index (χ4n) is 4.10. The molecule has 4 rings (SSSR count). The summed E-state index contributed by atoms with van der Waals surface area (Å²) < 4.78 is 0. The number of hydrogen-bond acceptors (Lipinski definition) is 5. The Kier molecular flexibility index (Phi) is 6.18. The predicted octanol–water partition coefficient (Wildman–Crippen LogP) is 4.85. The average Bonchev–Trinajstić information content (AvgIpc) is 2.80. The van der Waals surface area contributed by atoms with Gasteiger partial charge in [0.05, 0.1) is 28.9 Å². The minimum absolute atomic E-state index is 0.149. The zero-order valence-corrected chi connectivity index (χ0v) is 18.0. The average molecular weight is 428 g/mol. The lowest BCUT2D eigenvalue weighted by Gasteiger charge is -2.43. The monoisotopic (exact) mass is 427 g/mol. The van der Waals surface area contributed by atoms with Crippen molar-refractivity contribution in [3.8, 4) is 12.1 Å². The van der Waals surface area contributed by atoms with Crippen LogP contribution in [-0.2, 0) is 6.54 Å². The molecule has 2 aromatic carbocycles. The van der Waals surface area contributed by atoms with Crippen molar-refractivity contribution in [2.75, 3.05) is 24.5 Å². The summed E-state index contributed by atoms with van der Waals surface area (Å²) in [6.07, 6.45) is 1.63. The largest absolute Gasteiger partial charge is 0.362 e. The number of aromatic nitrogens is 1. The number of nitriles is 2. The normalized spacial score (nSPS) is 16.5. The summed E-state index contributed by atoms with van der Waals surface area (Å²) in [6.45, 7) is 5.38. The second-order valence-corrected chi connectivity index (χ2v) is 8.20. The highest BCUT2D eigenvalue weighted by Gasteiger charge is 2.29. The zero-order chi connectivity index (χ0) is 21.8. The van der Waals surface area contributed by atoms with Gasteiger partial charge in [-0.3, -0.25) is 9.88 Å². The molecule has 0 bridgehead atoms. The summed E-state index contributed by atoms with van der Waals surface area (Å²) in [4.78, 5) is 9.25. The van der Waals surface area contributed by atoms with Crippen molar-refractivity contribution in [2.45, 2.75) is 19.5 Å². The van der Waals surface area contributed by atoms with E-state index in [-0.39, 0.29) is 6.04 Å². The van der Waals surface area contributed by atoms with Gasteiger partial charge in [0.1, 0.15) is 6.07 Å². The lowest BCUT2D eigenvalue weighted by atomic mass is 9.99. The van der Waals surface area contributed by atoms with Crippen molar-refractivity contribution >= 4 is 17.3 Å². The first-order valence-electron chi connectivity index (χ1n) is 10.2. The molecule has 2 heterocycles. The van der Waals surface area contributed by atoms with Gasteiger partial charge in [-0.2, -0.15) is 10.5 Å². The Balaban J connectivity index is 1.61. The van der Waals surface area contributed by atoms with Crippen LogP contribution in [0.3, 0.4) is 0 Å². The predicted molar refractivity (Wildman–Crippen MR) is 122 cm³/mol. The molecule has 5 nitrogen and oxygen atoms in total. The van der Waals surface area contributed by atoms with Crippen molar-refractivity contribution in [1.29, 1.82) is 10.5 Å². The van der Waals surface area contributed by atoms with E-state index in [4.69, 9.17) is 16.9 Å². The van der Waals surface area contributed by atoms with E-state index in [1.165, 1.54) is 5.56 Å². The quantitative estimate of drug-likeness (QED) is 0.595. The van der Waals surface area contributed by atoms with E-state index in [1.54, 1.807) is 6.20 Å². The Bertz CT molecular complexity index is 1140. The van der Waals surface area contributed by atoms with Gasteiger partial charge in [-0.15, -0.1) is 0 Å². The maximum absolute atomic E-state index is 9.22. The van der Waals surface area contributed by atoms with Crippen LogP contribution in [0.5, 0.6) is 0 Å². The smallest absolute Gasteiger partial charge is 0.101 e. The van der Waals surface area contributed by atoms with Crippen molar-refractivity contribution in [3.63, 3.8) is 0 Å². The van der Waals surface area contributed by atoms with Gasteiger partial charge in [0, 0.05) is 43.1 Å². The second-order valence-electron chi connectivity index (χ2n) is 7.76. The molecule has 0 spiro atoms. The first-order valence-corrected chi connectivity index (χ1v) is 10.6. The van der Waals surface area contributed by atoms with E-state index >= 15 is 0 Å². The zero-order valence-electron chi connectivity index (χ0n) is 17.3. The third-order valence-corrected chi connectivity index (χ3v) is 5.95. The standard InChI is InChI=1S/C25H22ClN5/c1-18-12-19(13-27)3-9-24(18)31-11-10-30(16-23-8-2-20(14-28)15-29-23)17-25(31)21-4-6-22(26)7-5-21/h2-9,12,15,25H,10-11,16-17H2,1H3/t25-/m0/s1. The van der Waals surface area contributed by atoms with Crippen LogP contribution in [0.25, 0.3) is 0 Å². The number of aryl methyl sites for hydroxylation is 1. The molecule has 0 amide bonds. The number of halogens is 1. The van der Waals surface area contributed by atoms with Crippen LogP contribution in [0.2, 0.25) is 5.02 Å². The number of anilines is 1. The molecule has 6 heteroatoms. The van der Waals surface area contributed by atoms with Gasteiger partial charge in [0.25, 0.3) is 0 Å². The third-order valence-electron chi connectivity index (χ3n) is 5.69. The molecule has 1 saturated heterocycles. The molecule has 1 atom stereocenters. The molecule has 0 aliphatic carbocycles. The Morgan fingerprint density at radius 1 is 1.00 bits per heavy atom. The molecule has 154 valence electrons.